The van der Waals surface area contributed by atoms with Crippen molar-refractivity contribution in [2.75, 3.05) is 15.4 Å². The summed E-state index contributed by atoms with van der Waals surface area (Å²) in [7, 11) is -3.77. The number of rotatable bonds is 5. The van der Waals surface area contributed by atoms with Crippen LogP contribution in [0.5, 0.6) is 0 Å². The van der Waals surface area contributed by atoms with E-state index in [1.165, 1.54) is 12.1 Å². The van der Waals surface area contributed by atoms with Crippen LogP contribution in [0.25, 0.3) is 0 Å². The van der Waals surface area contributed by atoms with Crippen molar-refractivity contribution in [3.05, 3.63) is 83.9 Å². The van der Waals surface area contributed by atoms with Crippen LogP contribution in [0.15, 0.2) is 83.8 Å². The molecule has 0 bridgehead atoms. The van der Waals surface area contributed by atoms with Gasteiger partial charge in [-0.15, -0.1) is 0 Å². The number of urea groups is 1. The Kier molecular flexibility index (Phi) is 5.63. The standard InChI is InChI=1S/C19H16ClN3O3S/c20-14-10-12-15(13-11-14)21-19(24)22-17-8-4-5-9-18(17)23-27(25,26)16-6-2-1-3-7-16/h1-13,23H,(H2,21,22,24). The maximum atomic E-state index is 12.5. The minimum absolute atomic E-state index is 0.130. The van der Waals surface area contributed by atoms with Gasteiger partial charge in [-0.1, -0.05) is 41.9 Å². The van der Waals surface area contributed by atoms with E-state index in [1.807, 2.05) is 0 Å². The minimum Gasteiger partial charge on any atom is -0.308 e. The monoisotopic (exact) mass is 401 g/mol. The van der Waals surface area contributed by atoms with Gasteiger partial charge in [0.25, 0.3) is 10.0 Å². The molecule has 0 aliphatic carbocycles. The predicted octanol–water partition coefficient (Wildman–Crippen LogP) is 4.78. The molecule has 0 saturated heterocycles. The minimum atomic E-state index is -3.77. The van der Waals surface area contributed by atoms with Gasteiger partial charge in [0.2, 0.25) is 0 Å². The van der Waals surface area contributed by atoms with Gasteiger partial charge in [0.15, 0.2) is 0 Å². The molecule has 6 nitrogen and oxygen atoms in total. The molecule has 8 heteroatoms. The van der Waals surface area contributed by atoms with Crippen LogP contribution in [0.1, 0.15) is 0 Å². The van der Waals surface area contributed by atoms with Crippen LogP contribution in [-0.4, -0.2) is 14.4 Å². The van der Waals surface area contributed by atoms with Crippen molar-refractivity contribution in [3.63, 3.8) is 0 Å². The van der Waals surface area contributed by atoms with Crippen molar-refractivity contribution < 1.29 is 13.2 Å². The lowest BCUT2D eigenvalue weighted by atomic mass is 10.3. The molecule has 0 aliphatic rings. The number of para-hydroxylation sites is 2. The first-order chi connectivity index (χ1) is 12.9. The Bertz CT molecular complexity index is 1040. The lowest BCUT2D eigenvalue weighted by Crippen LogP contribution is -2.21. The first-order valence-corrected chi connectivity index (χ1v) is 9.81. The summed E-state index contributed by atoms with van der Waals surface area (Å²) in [6.07, 6.45) is 0. The molecule has 0 saturated carbocycles. The van der Waals surface area contributed by atoms with Gasteiger partial charge in [-0.3, -0.25) is 4.72 Å². The van der Waals surface area contributed by atoms with E-state index in [4.69, 9.17) is 11.6 Å². The number of hydrogen-bond donors (Lipinski definition) is 3. The van der Waals surface area contributed by atoms with E-state index in [-0.39, 0.29) is 10.6 Å². The molecule has 0 aromatic heterocycles. The summed E-state index contributed by atoms with van der Waals surface area (Å²) in [6.45, 7) is 0. The van der Waals surface area contributed by atoms with E-state index in [1.54, 1.807) is 66.7 Å². The summed E-state index contributed by atoms with van der Waals surface area (Å²) < 4.78 is 27.5. The van der Waals surface area contributed by atoms with Crippen LogP contribution >= 0.6 is 11.6 Å². The van der Waals surface area contributed by atoms with Crippen LogP contribution in [0, 0.1) is 0 Å². The maximum Gasteiger partial charge on any atom is 0.323 e. The first kappa shape index (κ1) is 18.8. The van der Waals surface area contributed by atoms with E-state index in [0.717, 1.165) is 0 Å². The van der Waals surface area contributed by atoms with Gasteiger partial charge in [0, 0.05) is 10.7 Å². The number of nitrogens with one attached hydrogen (secondary N) is 3. The van der Waals surface area contributed by atoms with Crippen molar-refractivity contribution in [2.24, 2.45) is 0 Å². The second kappa shape index (κ2) is 8.11. The molecule has 138 valence electrons. The van der Waals surface area contributed by atoms with E-state index in [9.17, 15) is 13.2 Å². The molecule has 0 heterocycles. The summed E-state index contributed by atoms with van der Waals surface area (Å²) in [5.41, 5.74) is 1.13. The highest BCUT2D eigenvalue weighted by atomic mass is 35.5. The third kappa shape index (κ3) is 4.99. The van der Waals surface area contributed by atoms with Gasteiger partial charge < -0.3 is 10.6 Å². The van der Waals surface area contributed by atoms with Gasteiger partial charge >= 0.3 is 6.03 Å². The highest BCUT2D eigenvalue weighted by molar-refractivity contribution is 7.92. The zero-order valence-electron chi connectivity index (χ0n) is 14.0. The van der Waals surface area contributed by atoms with Crippen molar-refractivity contribution in [1.29, 1.82) is 0 Å². The zero-order chi connectivity index (χ0) is 19.3. The molecule has 0 atom stereocenters. The third-order valence-electron chi connectivity index (χ3n) is 3.58. The van der Waals surface area contributed by atoms with Crippen molar-refractivity contribution >= 4 is 44.7 Å². The lowest BCUT2D eigenvalue weighted by Gasteiger charge is -2.14. The Morgan fingerprint density at radius 2 is 1.33 bits per heavy atom. The Hall–Kier alpha value is -3.03. The number of amides is 2. The summed E-state index contributed by atoms with van der Waals surface area (Å²) in [5.74, 6) is 0. The van der Waals surface area contributed by atoms with Crippen LogP contribution < -0.4 is 15.4 Å². The van der Waals surface area contributed by atoms with E-state index in [0.29, 0.717) is 16.4 Å². The smallest absolute Gasteiger partial charge is 0.308 e. The molecule has 3 N–H and O–H groups in total. The van der Waals surface area contributed by atoms with Crippen LogP contribution in [0.4, 0.5) is 21.9 Å². The van der Waals surface area contributed by atoms with Gasteiger partial charge in [-0.05, 0) is 48.5 Å². The number of carbonyl (C=O) groups is 1. The molecule has 3 rings (SSSR count). The van der Waals surface area contributed by atoms with Gasteiger partial charge in [0.1, 0.15) is 0 Å². The molecule has 0 fully saturated rings. The largest absolute Gasteiger partial charge is 0.323 e. The summed E-state index contributed by atoms with van der Waals surface area (Å²) in [4.78, 5) is 12.4. The topological polar surface area (TPSA) is 87.3 Å². The third-order valence-corrected chi connectivity index (χ3v) is 5.21. The fraction of sp³-hybridized carbons (Fsp3) is 0. The molecule has 3 aromatic carbocycles. The van der Waals surface area contributed by atoms with Gasteiger partial charge in [-0.2, -0.15) is 0 Å². The Morgan fingerprint density at radius 3 is 2.00 bits per heavy atom. The Morgan fingerprint density at radius 1 is 0.741 bits per heavy atom. The average Bonchev–Trinajstić information content (AvgIpc) is 2.66. The number of anilines is 3. The summed E-state index contributed by atoms with van der Waals surface area (Å²) in [6, 6.07) is 20.6. The predicted molar refractivity (Wildman–Crippen MR) is 108 cm³/mol. The summed E-state index contributed by atoms with van der Waals surface area (Å²) in [5, 5.41) is 5.85. The van der Waals surface area contributed by atoms with Crippen LogP contribution in [-0.2, 0) is 10.0 Å². The van der Waals surface area contributed by atoms with Crippen LogP contribution in [0.2, 0.25) is 5.02 Å². The lowest BCUT2D eigenvalue weighted by molar-refractivity contribution is 0.262. The average molecular weight is 402 g/mol. The highest BCUT2D eigenvalue weighted by Gasteiger charge is 2.16. The number of sulfonamides is 1. The van der Waals surface area contributed by atoms with Crippen molar-refractivity contribution in [1.82, 2.24) is 0 Å². The zero-order valence-corrected chi connectivity index (χ0v) is 15.6. The molecule has 0 spiro atoms. The second-order valence-electron chi connectivity index (χ2n) is 5.55. The Balaban J connectivity index is 1.76. The highest BCUT2D eigenvalue weighted by Crippen LogP contribution is 2.24. The fourth-order valence-electron chi connectivity index (χ4n) is 2.30. The number of carbonyl (C=O) groups excluding carboxylic acids is 1. The number of halogens is 1. The Labute approximate surface area is 162 Å². The fourth-order valence-corrected chi connectivity index (χ4v) is 3.53. The molecule has 0 aliphatic heterocycles. The molecule has 3 aromatic rings. The summed E-state index contributed by atoms with van der Waals surface area (Å²) >= 11 is 5.82. The second-order valence-corrected chi connectivity index (χ2v) is 7.67. The van der Waals surface area contributed by atoms with E-state index in [2.05, 4.69) is 15.4 Å². The maximum absolute atomic E-state index is 12.5. The van der Waals surface area contributed by atoms with Crippen LogP contribution in [0.3, 0.4) is 0 Å². The quantitative estimate of drug-likeness (QED) is 0.574. The normalized spacial score (nSPS) is 10.9. The van der Waals surface area contributed by atoms with E-state index < -0.39 is 16.1 Å². The van der Waals surface area contributed by atoms with Gasteiger partial charge in [-0.25, -0.2) is 13.2 Å². The molecule has 2 amide bonds. The molecule has 27 heavy (non-hydrogen) atoms. The van der Waals surface area contributed by atoms with Gasteiger partial charge in [0.05, 0.1) is 16.3 Å². The molecular weight excluding hydrogens is 386 g/mol. The molecule has 0 unspecified atom stereocenters. The molecule has 0 radical (unpaired) electrons. The number of hydrogen-bond acceptors (Lipinski definition) is 3. The first-order valence-electron chi connectivity index (χ1n) is 7.94. The SMILES string of the molecule is O=C(Nc1ccc(Cl)cc1)Nc1ccccc1NS(=O)(=O)c1ccccc1. The van der Waals surface area contributed by atoms with Crippen molar-refractivity contribution in [3.8, 4) is 0 Å². The number of benzene rings is 3. The van der Waals surface area contributed by atoms with E-state index >= 15 is 0 Å². The molecular formula is C19H16ClN3O3S. The van der Waals surface area contributed by atoms with Crippen molar-refractivity contribution in [2.45, 2.75) is 4.90 Å².